The minimum Gasteiger partial charge on any atom is -0.354 e. The molecule has 0 bridgehead atoms. The zero-order valence-electron chi connectivity index (χ0n) is 28.1. The van der Waals surface area contributed by atoms with E-state index >= 15 is 0 Å². The number of nitrogens with zero attached hydrogens (tertiary/aromatic N) is 5. The molecule has 0 spiro atoms. The van der Waals surface area contributed by atoms with E-state index in [0.717, 1.165) is 43.6 Å². The fraction of sp³-hybridized carbons (Fsp3) is 0.500. The average Bonchev–Trinajstić information content (AvgIpc) is 3.74. The first kappa shape index (κ1) is 32.6. The lowest BCUT2D eigenvalue weighted by Crippen LogP contribution is -2.55. The maximum atomic E-state index is 13.6. The Kier molecular flexibility index (Phi) is 9.18. The number of carbonyl (C=O) groups is 1. The summed E-state index contributed by atoms with van der Waals surface area (Å²) in [5, 5.41) is 10.2. The molecule has 12 heteroatoms. The first-order valence-corrected chi connectivity index (χ1v) is 17.1. The van der Waals surface area contributed by atoms with Gasteiger partial charge in [0.15, 0.2) is 23.8 Å². The second-order valence-electron chi connectivity index (χ2n) is 13.3. The number of carbonyl (C=O) groups excluding carboxylic acids is 1. The standard InChI is InChI=1S/C36H46N8O4/c1-5-37-32(45)29-30-36(48-35(3,4)47-30,33(46-29)38-20-27(24-14-9-7-10-15-24)25-16-11-8-12-17-25)44-23-40-28-21-39-34(42-31(28)44)41-26-18-13-19-43(6-2)22-26/h7-12,14-17,21,23,26-27,29-30,33,38H,5-6,13,18-20,22H2,1-4H3,(H,37,45)(H,39,41,42)/t26?,29-,30+,33+,36+/m0/s1. The minimum absolute atomic E-state index is 0.00110. The van der Waals surface area contributed by atoms with E-state index < -0.39 is 29.9 Å². The van der Waals surface area contributed by atoms with Crippen molar-refractivity contribution in [3.05, 3.63) is 84.3 Å². The SMILES string of the molecule is CCNC(=O)[C@H]1O[C@@H](NCC(c2ccccc2)c2ccccc2)[C@]2(n3cnc4cnc(NC5CCCN(CC)C5)nc43)OC(C)(C)O[C@H]12. The second kappa shape index (κ2) is 13.5. The van der Waals surface area contributed by atoms with Gasteiger partial charge in [0.25, 0.3) is 5.91 Å². The molecule has 0 saturated carbocycles. The zero-order valence-corrected chi connectivity index (χ0v) is 28.1. The molecule has 2 aromatic heterocycles. The smallest absolute Gasteiger partial charge is 0.252 e. The van der Waals surface area contributed by atoms with Crippen molar-refractivity contribution in [1.29, 1.82) is 0 Å². The van der Waals surface area contributed by atoms with Gasteiger partial charge in [0.2, 0.25) is 11.7 Å². The van der Waals surface area contributed by atoms with Gasteiger partial charge in [-0.1, -0.05) is 67.6 Å². The Labute approximate surface area is 281 Å². The lowest BCUT2D eigenvalue weighted by atomic mass is 9.91. The Morgan fingerprint density at radius 2 is 1.77 bits per heavy atom. The van der Waals surface area contributed by atoms with Crippen LogP contribution < -0.4 is 16.0 Å². The third-order valence-electron chi connectivity index (χ3n) is 9.63. The molecular weight excluding hydrogens is 608 g/mol. The third-order valence-corrected chi connectivity index (χ3v) is 9.63. The topological polar surface area (TPSA) is 128 Å². The lowest BCUT2D eigenvalue weighted by Gasteiger charge is -2.35. The summed E-state index contributed by atoms with van der Waals surface area (Å²) in [5.41, 5.74) is 2.17. The highest BCUT2D eigenvalue weighted by Gasteiger charge is 2.69. The van der Waals surface area contributed by atoms with Gasteiger partial charge in [-0.25, -0.2) is 9.97 Å². The van der Waals surface area contributed by atoms with E-state index in [-0.39, 0.29) is 17.9 Å². The third kappa shape index (κ3) is 6.19. The molecule has 3 N–H and O–H groups in total. The van der Waals surface area contributed by atoms with E-state index in [1.807, 2.05) is 61.7 Å². The first-order valence-electron chi connectivity index (χ1n) is 17.1. The van der Waals surface area contributed by atoms with Crippen LogP contribution in [0.3, 0.4) is 0 Å². The number of imidazole rings is 1. The van der Waals surface area contributed by atoms with Crippen LogP contribution in [0.5, 0.6) is 0 Å². The van der Waals surface area contributed by atoms with Crippen molar-refractivity contribution in [2.75, 3.05) is 38.0 Å². The molecule has 2 aromatic carbocycles. The van der Waals surface area contributed by atoms with Crippen LogP contribution in [-0.2, 0) is 24.7 Å². The van der Waals surface area contributed by atoms with E-state index in [2.05, 4.69) is 57.0 Å². The molecule has 3 saturated heterocycles. The Bertz CT molecular complexity index is 1660. The van der Waals surface area contributed by atoms with Crippen LogP contribution in [0.4, 0.5) is 5.95 Å². The number of benzene rings is 2. The summed E-state index contributed by atoms with van der Waals surface area (Å²) >= 11 is 0. The van der Waals surface area contributed by atoms with Crippen molar-refractivity contribution in [3.8, 4) is 0 Å². The number of hydrogen-bond donors (Lipinski definition) is 3. The van der Waals surface area contributed by atoms with E-state index in [9.17, 15) is 4.79 Å². The molecule has 3 fully saturated rings. The van der Waals surface area contributed by atoms with Gasteiger partial charge in [0.05, 0.1) is 12.5 Å². The maximum Gasteiger partial charge on any atom is 0.252 e. The number of aromatic nitrogens is 4. The van der Waals surface area contributed by atoms with E-state index in [4.69, 9.17) is 24.2 Å². The summed E-state index contributed by atoms with van der Waals surface area (Å²) in [5.74, 6) is -0.774. The predicted octanol–water partition coefficient (Wildman–Crippen LogP) is 3.81. The summed E-state index contributed by atoms with van der Waals surface area (Å²) in [7, 11) is 0. The number of hydrogen-bond acceptors (Lipinski definition) is 10. The van der Waals surface area contributed by atoms with Crippen LogP contribution in [0, 0.1) is 0 Å². The van der Waals surface area contributed by atoms with Gasteiger partial charge < -0.3 is 29.7 Å². The number of likely N-dealkylation sites (N-methyl/N-ethyl adjacent to an activating group) is 2. The monoisotopic (exact) mass is 654 g/mol. The van der Waals surface area contributed by atoms with Crippen molar-refractivity contribution in [3.63, 3.8) is 0 Å². The number of piperidine rings is 1. The van der Waals surface area contributed by atoms with Gasteiger partial charge in [-0.05, 0) is 57.8 Å². The number of amides is 1. The summed E-state index contributed by atoms with van der Waals surface area (Å²) < 4.78 is 21.9. The number of fused-ring (bicyclic) bond motifs is 2. The molecule has 254 valence electrons. The maximum absolute atomic E-state index is 13.6. The Morgan fingerprint density at radius 3 is 2.46 bits per heavy atom. The number of nitrogens with one attached hydrogen (secondary N) is 3. The predicted molar refractivity (Wildman–Crippen MR) is 182 cm³/mol. The highest BCUT2D eigenvalue weighted by molar-refractivity contribution is 5.82. The van der Waals surface area contributed by atoms with Gasteiger partial charge in [-0.2, -0.15) is 4.98 Å². The lowest BCUT2D eigenvalue weighted by molar-refractivity contribution is -0.228. The zero-order chi connectivity index (χ0) is 33.3. The molecule has 3 aliphatic heterocycles. The van der Waals surface area contributed by atoms with E-state index in [1.165, 1.54) is 0 Å². The summed E-state index contributed by atoms with van der Waals surface area (Å²) in [6, 6.07) is 21.0. The molecule has 4 aromatic rings. The summed E-state index contributed by atoms with van der Waals surface area (Å²) in [6.45, 7) is 11.8. The van der Waals surface area contributed by atoms with Crippen LogP contribution in [0.1, 0.15) is 57.6 Å². The van der Waals surface area contributed by atoms with Gasteiger partial charge >= 0.3 is 0 Å². The second-order valence-corrected chi connectivity index (χ2v) is 13.3. The number of rotatable bonds is 11. The van der Waals surface area contributed by atoms with Crippen LogP contribution in [-0.4, -0.2) is 93.3 Å². The molecule has 1 amide bonds. The Hall–Kier alpha value is -3.94. The molecule has 0 aliphatic carbocycles. The van der Waals surface area contributed by atoms with Crippen LogP contribution >= 0.6 is 0 Å². The fourth-order valence-electron chi connectivity index (χ4n) is 7.45. The van der Waals surface area contributed by atoms with Gasteiger partial charge in [-0.15, -0.1) is 0 Å². The molecule has 0 radical (unpaired) electrons. The van der Waals surface area contributed by atoms with E-state index in [1.54, 1.807) is 12.5 Å². The molecule has 12 nitrogen and oxygen atoms in total. The minimum atomic E-state index is -1.32. The molecule has 5 atom stereocenters. The van der Waals surface area contributed by atoms with E-state index in [0.29, 0.717) is 30.2 Å². The van der Waals surface area contributed by atoms with Gasteiger partial charge in [-0.3, -0.25) is 14.7 Å². The number of anilines is 1. The van der Waals surface area contributed by atoms with Crippen molar-refractivity contribution in [2.24, 2.45) is 0 Å². The molecule has 5 heterocycles. The highest BCUT2D eigenvalue weighted by atomic mass is 16.8. The molecule has 7 rings (SSSR count). The highest BCUT2D eigenvalue weighted by Crippen LogP contribution is 2.50. The average molecular weight is 655 g/mol. The van der Waals surface area contributed by atoms with Crippen molar-refractivity contribution >= 4 is 23.0 Å². The number of ether oxygens (including phenoxy) is 3. The molecular formula is C36H46N8O4. The van der Waals surface area contributed by atoms with Crippen molar-refractivity contribution < 1.29 is 19.0 Å². The van der Waals surface area contributed by atoms with Gasteiger partial charge in [0.1, 0.15) is 11.6 Å². The normalized spacial score (nSPS) is 26.9. The Balaban J connectivity index is 1.28. The molecule has 48 heavy (non-hydrogen) atoms. The Morgan fingerprint density at radius 1 is 1.04 bits per heavy atom. The molecule has 1 unspecified atom stereocenters. The van der Waals surface area contributed by atoms with Crippen LogP contribution in [0.15, 0.2) is 73.2 Å². The van der Waals surface area contributed by atoms with Crippen LogP contribution in [0.2, 0.25) is 0 Å². The van der Waals surface area contributed by atoms with Crippen LogP contribution in [0.25, 0.3) is 11.2 Å². The van der Waals surface area contributed by atoms with Gasteiger partial charge in [0, 0.05) is 31.6 Å². The van der Waals surface area contributed by atoms with Crippen molar-refractivity contribution in [1.82, 2.24) is 35.1 Å². The summed E-state index contributed by atoms with van der Waals surface area (Å²) in [4.78, 5) is 30.3. The first-order chi connectivity index (χ1) is 23.3. The fourth-order valence-corrected chi connectivity index (χ4v) is 7.45. The summed E-state index contributed by atoms with van der Waals surface area (Å²) in [6.07, 6.45) is 3.05. The van der Waals surface area contributed by atoms with Crippen molar-refractivity contribution in [2.45, 2.75) is 82.4 Å². The quantitative estimate of drug-likeness (QED) is 0.220. The number of likely N-dealkylation sites (tertiary alicyclic amines) is 1. The molecule has 3 aliphatic rings. The largest absolute Gasteiger partial charge is 0.354 e.